The number of anilines is 1. The van der Waals surface area contributed by atoms with E-state index in [0.29, 0.717) is 23.8 Å². The maximum Gasteiger partial charge on any atom is 0.269 e. The molecule has 0 aliphatic carbocycles. The lowest BCUT2D eigenvalue weighted by Crippen LogP contribution is -2.20. The lowest BCUT2D eigenvalue weighted by atomic mass is 10.3. The monoisotopic (exact) mass is 330 g/mol. The first kappa shape index (κ1) is 17.3. The Hall–Kier alpha value is -3.09. The molecule has 0 atom stereocenters. The summed E-state index contributed by atoms with van der Waals surface area (Å²) in [4.78, 5) is 22.0. The number of carbonyl (C=O) groups is 1. The Balaban J connectivity index is 1.90. The number of benzene rings is 2. The van der Waals surface area contributed by atoms with Gasteiger partial charge in [0.15, 0.2) is 18.1 Å². The van der Waals surface area contributed by atoms with Gasteiger partial charge in [-0.3, -0.25) is 14.9 Å². The summed E-state index contributed by atoms with van der Waals surface area (Å²) in [5, 5.41) is 13.2. The zero-order valence-corrected chi connectivity index (χ0v) is 13.2. The topological polar surface area (TPSA) is 90.7 Å². The van der Waals surface area contributed by atoms with Crippen LogP contribution in [0.5, 0.6) is 11.5 Å². The first-order valence-corrected chi connectivity index (χ1v) is 7.49. The third-order valence-electron chi connectivity index (χ3n) is 3.03. The first-order chi connectivity index (χ1) is 11.6. The lowest BCUT2D eigenvalue weighted by molar-refractivity contribution is -0.384. The molecule has 1 N–H and O–H groups in total. The Morgan fingerprint density at radius 1 is 1.08 bits per heavy atom. The van der Waals surface area contributed by atoms with Crippen LogP contribution < -0.4 is 14.8 Å². The van der Waals surface area contributed by atoms with E-state index in [-0.39, 0.29) is 18.2 Å². The Labute approximate surface area is 139 Å². The highest BCUT2D eigenvalue weighted by atomic mass is 16.6. The number of nitrogens with zero attached hydrogens (tertiary/aromatic N) is 1. The fourth-order valence-corrected chi connectivity index (χ4v) is 1.91. The molecule has 24 heavy (non-hydrogen) atoms. The molecule has 7 nitrogen and oxygen atoms in total. The second-order valence-electron chi connectivity index (χ2n) is 4.94. The van der Waals surface area contributed by atoms with E-state index < -0.39 is 4.92 Å². The summed E-state index contributed by atoms with van der Waals surface area (Å²) in [6, 6.07) is 12.7. The van der Waals surface area contributed by atoms with E-state index in [4.69, 9.17) is 9.47 Å². The van der Waals surface area contributed by atoms with Crippen LogP contribution >= 0.6 is 0 Å². The van der Waals surface area contributed by atoms with E-state index in [1.807, 2.05) is 13.0 Å². The number of nitro benzene ring substituents is 1. The smallest absolute Gasteiger partial charge is 0.269 e. The minimum Gasteiger partial charge on any atom is -0.490 e. The molecular weight excluding hydrogens is 312 g/mol. The molecule has 2 aromatic rings. The van der Waals surface area contributed by atoms with Gasteiger partial charge in [-0.25, -0.2) is 0 Å². The Morgan fingerprint density at radius 3 is 2.29 bits per heavy atom. The van der Waals surface area contributed by atoms with Crippen LogP contribution in [0.4, 0.5) is 11.4 Å². The Bertz CT molecular complexity index is 700. The van der Waals surface area contributed by atoms with Gasteiger partial charge < -0.3 is 14.8 Å². The molecule has 0 saturated heterocycles. The summed E-state index contributed by atoms with van der Waals surface area (Å²) >= 11 is 0. The quantitative estimate of drug-likeness (QED) is 0.592. The van der Waals surface area contributed by atoms with Crippen molar-refractivity contribution in [3.63, 3.8) is 0 Å². The van der Waals surface area contributed by atoms with Crippen LogP contribution in [0.3, 0.4) is 0 Å². The van der Waals surface area contributed by atoms with Gasteiger partial charge in [-0.2, -0.15) is 0 Å². The second kappa shape index (κ2) is 8.52. The van der Waals surface area contributed by atoms with Crippen LogP contribution in [-0.4, -0.2) is 24.0 Å². The largest absolute Gasteiger partial charge is 0.490 e. The molecule has 126 valence electrons. The normalized spacial score (nSPS) is 10.0. The van der Waals surface area contributed by atoms with Gasteiger partial charge in [0.1, 0.15) is 0 Å². The van der Waals surface area contributed by atoms with Crippen molar-refractivity contribution in [2.75, 3.05) is 18.5 Å². The number of carbonyl (C=O) groups excluding carboxylic acids is 1. The van der Waals surface area contributed by atoms with Crippen molar-refractivity contribution in [2.24, 2.45) is 0 Å². The van der Waals surface area contributed by atoms with Gasteiger partial charge in [0.25, 0.3) is 11.6 Å². The zero-order valence-electron chi connectivity index (χ0n) is 13.2. The van der Waals surface area contributed by atoms with Crippen molar-refractivity contribution >= 4 is 17.3 Å². The molecule has 0 aromatic heterocycles. The SMILES string of the molecule is CCCOc1ccccc1OCC(=O)Nc1ccc([N+](=O)[O-])cc1. The number of amides is 1. The van der Waals surface area contributed by atoms with E-state index in [2.05, 4.69) is 5.32 Å². The number of non-ortho nitro benzene ring substituents is 1. The van der Waals surface area contributed by atoms with E-state index in [1.165, 1.54) is 24.3 Å². The van der Waals surface area contributed by atoms with Gasteiger partial charge in [0.2, 0.25) is 0 Å². The third-order valence-corrected chi connectivity index (χ3v) is 3.03. The molecule has 1 amide bonds. The number of para-hydroxylation sites is 2. The number of nitro groups is 1. The Morgan fingerprint density at radius 2 is 1.71 bits per heavy atom. The predicted molar refractivity (Wildman–Crippen MR) is 89.4 cm³/mol. The fourth-order valence-electron chi connectivity index (χ4n) is 1.91. The van der Waals surface area contributed by atoms with Crippen LogP contribution in [0.15, 0.2) is 48.5 Å². The van der Waals surface area contributed by atoms with E-state index in [1.54, 1.807) is 18.2 Å². The van der Waals surface area contributed by atoms with E-state index >= 15 is 0 Å². The van der Waals surface area contributed by atoms with Gasteiger partial charge in [0, 0.05) is 17.8 Å². The average Bonchev–Trinajstić information content (AvgIpc) is 2.59. The molecule has 0 bridgehead atoms. The summed E-state index contributed by atoms with van der Waals surface area (Å²) in [7, 11) is 0. The molecule has 0 radical (unpaired) electrons. The third kappa shape index (κ3) is 4.98. The highest BCUT2D eigenvalue weighted by molar-refractivity contribution is 5.92. The second-order valence-corrected chi connectivity index (χ2v) is 4.94. The molecule has 0 aliphatic heterocycles. The highest BCUT2D eigenvalue weighted by Crippen LogP contribution is 2.26. The van der Waals surface area contributed by atoms with Crippen molar-refractivity contribution in [3.8, 4) is 11.5 Å². The zero-order chi connectivity index (χ0) is 17.4. The maximum absolute atomic E-state index is 11.9. The molecule has 0 unspecified atom stereocenters. The van der Waals surface area contributed by atoms with E-state index in [9.17, 15) is 14.9 Å². The fraction of sp³-hybridized carbons (Fsp3) is 0.235. The van der Waals surface area contributed by atoms with Crippen LogP contribution in [0.2, 0.25) is 0 Å². The lowest BCUT2D eigenvalue weighted by Gasteiger charge is -2.12. The summed E-state index contributed by atoms with van der Waals surface area (Å²) in [6.07, 6.45) is 0.870. The van der Waals surface area contributed by atoms with Crippen molar-refractivity contribution in [2.45, 2.75) is 13.3 Å². The van der Waals surface area contributed by atoms with Crippen LogP contribution in [0.1, 0.15) is 13.3 Å². The van der Waals surface area contributed by atoms with Gasteiger partial charge in [-0.1, -0.05) is 19.1 Å². The molecule has 7 heteroatoms. The molecule has 0 spiro atoms. The first-order valence-electron chi connectivity index (χ1n) is 7.49. The standard InChI is InChI=1S/C17H18N2O5/c1-2-11-23-15-5-3-4-6-16(15)24-12-17(20)18-13-7-9-14(10-8-13)19(21)22/h3-10H,2,11-12H2,1H3,(H,18,20). The van der Waals surface area contributed by atoms with Crippen molar-refractivity contribution in [1.82, 2.24) is 0 Å². The molecule has 0 heterocycles. The predicted octanol–water partition coefficient (Wildman–Crippen LogP) is 3.40. The summed E-state index contributed by atoms with van der Waals surface area (Å²) in [5.41, 5.74) is 0.427. The van der Waals surface area contributed by atoms with Crippen molar-refractivity contribution in [1.29, 1.82) is 0 Å². The number of nitrogens with one attached hydrogen (secondary N) is 1. The summed E-state index contributed by atoms with van der Waals surface area (Å²) in [6.45, 7) is 2.37. The molecular formula is C17H18N2O5. The maximum atomic E-state index is 11.9. The van der Waals surface area contributed by atoms with Crippen molar-refractivity contribution in [3.05, 3.63) is 58.6 Å². The van der Waals surface area contributed by atoms with Crippen LogP contribution in [-0.2, 0) is 4.79 Å². The Kier molecular flexibility index (Phi) is 6.13. The van der Waals surface area contributed by atoms with Crippen LogP contribution in [0.25, 0.3) is 0 Å². The molecule has 0 saturated carbocycles. The number of ether oxygens (including phenoxy) is 2. The highest BCUT2D eigenvalue weighted by Gasteiger charge is 2.09. The van der Waals surface area contributed by atoms with Crippen LogP contribution in [0, 0.1) is 10.1 Å². The number of hydrogen-bond donors (Lipinski definition) is 1. The van der Waals surface area contributed by atoms with Gasteiger partial charge in [0.05, 0.1) is 11.5 Å². The molecule has 2 aromatic carbocycles. The molecule has 0 aliphatic rings. The van der Waals surface area contributed by atoms with Crippen molar-refractivity contribution < 1.29 is 19.2 Å². The summed E-state index contributed by atoms with van der Waals surface area (Å²) in [5.74, 6) is 0.710. The molecule has 0 fully saturated rings. The number of rotatable bonds is 8. The summed E-state index contributed by atoms with van der Waals surface area (Å²) < 4.78 is 11.0. The molecule has 2 rings (SSSR count). The minimum atomic E-state index is -0.498. The average molecular weight is 330 g/mol. The van der Waals surface area contributed by atoms with Gasteiger partial charge >= 0.3 is 0 Å². The minimum absolute atomic E-state index is 0.0359. The van der Waals surface area contributed by atoms with Gasteiger partial charge in [-0.15, -0.1) is 0 Å². The van der Waals surface area contributed by atoms with E-state index in [0.717, 1.165) is 6.42 Å². The number of hydrogen-bond acceptors (Lipinski definition) is 5. The van der Waals surface area contributed by atoms with Gasteiger partial charge in [-0.05, 0) is 30.7 Å².